The Morgan fingerprint density at radius 2 is 2.04 bits per heavy atom. The van der Waals surface area contributed by atoms with Crippen molar-refractivity contribution in [2.24, 2.45) is 0 Å². The molecule has 1 aliphatic heterocycles. The first-order chi connectivity index (χ1) is 13.5. The van der Waals surface area contributed by atoms with Crippen LogP contribution in [0.4, 0.5) is 5.82 Å². The topological polar surface area (TPSA) is 103 Å². The van der Waals surface area contributed by atoms with Gasteiger partial charge in [0.2, 0.25) is 5.91 Å². The minimum absolute atomic E-state index is 0.0119. The number of H-pyrrole nitrogens is 1. The molecule has 9 nitrogen and oxygen atoms in total. The number of fused-ring (bicyclic) bond motifs is 1. The minimum Gasteiger partial charge on any atom is -0.339 e. The maximum atomic E-state index is 12.5. The van der Waals surface area contributed by atoms with Crippen molar-refractivity contribution in [1.29, 1.82) is 0 Å². The van der Waals surface area contributed by atoms with Crippen molar-refractivity contribution in [3.8, 4) is 0 Å². The molecule has 0 unspecified atom stereocenters. The summed E-state index contributed by atoms with van der Waals surface area (Å²) in [6.07, 6.45) is 3.22. The Bertz CT molecular complexity index is 1080. The summed E-state index contributed by atoms with van der Waals surface area (Å²) in [5.74, 6) is 0.0385. The van der Waals surface area contributed by atoms with Gasteiger partial charge in [-0.25, -0.2) is 0 Å². The van der Waals surface area contributed by atoms with Gasteiger partial charge in [0.05, 0.1) is 4.88 Å². The van der Waals surface area contributed by atoms with E-state index >= 15 is 0 Å². The lowest BCUT2D eigenvalue weighted by atomic mass is 10.3. The lowest BCUT2D eigenvalue weighted by Crippen LogP contribution is -2.48. The average molecular weight is 400 g/mol. The van der Waals surface area contributed by atoms with Crippen LogP contribution < -0.4 is 10.9 Å². The van der Waals surface area contributed by atoms with Crippen LogP contribution in [0.15, 0.2) is 35.4 Å². The van der Waals surface area contributed by atoms with E-state index in [2.05, 4.69) is 20.3 Å². The van der Waals surface area contributed by atoms with Crippen molar-refractivity contribution in [2.45, 2.75) is 6.54 Å². The second-order valence-corrected chi connectivity index (χ2v) is 7.79. The molecule has 1 aliphatic rings. The van der Waals surface area contributed by atoms with Crippen molar-refractivity contribution in [1.82, 2.24) is 24.6 Å². The van der Waals surface area contributed by atoms with Crippen LogP contribution in [-0.4, -0.2) is 69.6 Å². The van der Waals surface area contributed by atoms with Crippen LogP contribution in [0.25, 0.3) is 10.1 Å². The number of nitrogens with zero attached hydrogens (tertiary/aromatic N) is 4. The molecule has 0 aliphatic carbocycles. The standard InChI is InChI=1S/C18H20N6O3S/c1-22-6-8-23(9-7-22)15(25)11-24-5-3-14(21-24)20-17(26)13-10-12-2-4-19-18(27)16(12)28-13/h2-5,10H,6-9,11H2,1H3,(H,19,27)(H,20,21,26). The Balaban J connectivity index is 1.40. The third-order valence-corrected chi connectivity index (χ3v) is 5.85. The summed E-state index contributed by atoms with van der Waals surface area (Å²) in [6.45, 7) is 3.29. The molecule has 1 saturated heterocycles. The van der Waals surface area contributed by atoms with Crippen molar-refractivity contribution in [3.05, 3.63) is 45.8 Å². The first-order valence-electron chi connectivity index (χ1n) is 8.92. The Labute approximate surface area is 164 Å². The van der Waals surface area contributed by atoms with Gasteiger partial charge in [0, 0.05) is 50.0 Å². The van der Waals surface area contributed by atoms with E-state index in [9.17, 15) is 14.4 Å². The number of piperazine rings is 1. The van der Waals surface area contributed by atoms with E-state index in [4.69, 9.17) is 0 Å². The molecule has 2 amide bonds. The Morgan fingerprint density at radius 1 is 1.25 bits per heavy atom. The number of likely N-dealkylation sites (N-methyl/N-ethyl adjacent to an activating group) is 1. The SMILES string of the molecule is CN1CCN(C(=O)Cn2ccc(NC(=O)c3cc4cc[nH]c(=O)c4s3)n2)CC1. The predicted octanol–water partition coefficient (Wildman–Crippen LogP) is 0.812. The van der Waals surface area contributed by atoms with Crippen LogP contribution in [0.5, 0.6) is 0 Å². The highest BCUT2D eigenvalue weighted by Crippen LogP contribution is 2.22. The van der Waals surface area contributed by atoms with Crippen molar-refractivity contribution < 1.29 is 9.59 Å². The van der Waals surface area contributed by atoms with E-state index in [1.165, 1.54) is 4.68 Å². The highest BCUT2D eigenvalue weighted by Gasteiger charge is 2.20. The number of pyridine rings is 1. The largest absolute Gasteiger partial charge is 0.339 e. The highest BCUT2D eigenvalue weighted by molar-refractivity contribution is 7.20. The molecule has 0 spiro atoms. The molecule has 28 heavy (non-hydrogen) atoms. The molecule has 3 aromatic rings. The fraction of sp³-hybridized carbons (Fsp3) is 0.333. The average Bonchev–Trinajstić information content (AvgIpc) is 3.30. The van der Waals surface area contributed by atoms with Crippen LogP contribution in [0.3, 0.4) is 0 Å². The fourth-order valence-corrected chi connectivity index (χ4v) is 4.03. The summed E-state index contributed by atoms with van der Waals surface area (Å²) in [5.41, 5.74) is -0.215. The molecule has 1 fully saturated rings. The van der Waals surface area contributed by atoms with Gasteiger partial charge < -0.3 is 20.1 Å². The second kappa shape index (κ2) is 7.56. The molecule has 4 rings (SSSR count). The zero-order valence-corrected chi connectivity index (χ0v) is 16.2. The fourth-order valence-electron chi connectivity index (χ4n) is 3.08. The molecular weight excluding hydrogens is 380 g/mol. The lowest BCUT2D eigenvalue weighted by molar-refractivity contribution is -0.133. The zero-order valence-electron chi connectivity index (χ0n) is 15.3. The first-order valence-corrected chi connectivity index (χ1v) is 9.73. The Kier molecular flexibility index (Phi) is 4.97. The molecule has 146 valence electrons. The molecule has 2 N–H and O–H groups in total. The van der Waals surface area contributed by atoms with Crippen molar-refractivity contribution in [3.63, 3.8) is 0 Å². The molecule has 10 heteroatoms. The van der Waals surface area contributed by atoms with Crippen molar-refractivity contribution in [2.75, 3.05) is 38.5 Å². The van der Waals surface area contributed by atoms with Crippen LogP contribution in [-0.2, 0) is 11.3 Å². The molecular formula is C18H20N6O3S. The molecule has 0 bridgehead atoms. The quantitative estimate of drug-likeness (QED) is 0.675. The van der Waals surface area contributed by atoms with Gasteiger partial charge in [-0.3, -0.25) is 19.1 Å². The second-order valence-electron chi connectivity index (χ2n) is 6.74. The summed E-state index contributed by atoms with van der Waals surface area (Å²) < 4.78 is 2.03. The molecule has 4 heterocycles. The molecule has 0 saturated carbocycles. The number of rotatable bonds is 4. The molecule has 3 aromatic heterocycles. The van der Waals surface area contributed by atoms with Crippen LogP contribution >= 0.6 is 11.3 Å². The van der Waals surface area contributed by atoms with E-state index in [0.29, 0.717) is 28.5 Å². The number of hydrogen-bond acceptors (Lipinski definition) is 6. The monoisotopic (exact) mass is 400 g/mol. The maximum Gasteiger partial charge on any atom is 0.266 e. The van der Waals surface area contributed by atoms with E-state index in [1.807, 2.05) is 11.9 Å². The summed E-state index contributed by atoms with van der Waals surface area (Å²) in [5, 5.41) is 7.70. The summed E-state index contributed by atoms with van der Waals surface area (Å²) in [6, 6.07) is 5.08. The third-order valence-electron chi connectivity index (χ3n) is 4.70. The number of thiophene rings is 1. The number of aromatic amines is 1. The molecule has 0 radical (unpaired) electrons. The van der Waals surface area contributed by atoms with E-state index in [-0.39, 0.29) is 23.9 Å². The Hall–Kier alpha value is -2.98. The number of amides is 2. The third kappa shape index (κ3) is 3.82. The van der Waals surface area contributed by atoms with Crippen LogP contribution in [0.1, 0.15) is 9.67 Å². The first kappa shape index (κ1) is 18.4. The van der Waals surface area contributed by atoms with Gasteiger partial charge in [-0.15, -0.1) is 11.3 Å². The van der Waals surface area contributed by atoms with E-state index < -0.39 is 0 Å². The van der Waals surface area contributed by atoms with Gasteiger partial charge in [0.25, 0.3) is 11.5 Å². The summed E-state index contributed by atoms with van der Waals surface area (Å²) in [4.78, 5) is 43.7. The predicted molar refractivity (Wildman–Crippen MR) is 107 cm³/mol. The van der Waals surface area contributed by atoms with Gasteiger partial charge in [-0.1, -0.05) is 0 Å². The van der Waals surface area contributed by atoms with Gasteiger partial charge in [0.15, 0.2) is 5.82 Å². The number of anilines is 1. The van der Waals surface area contributed by atoms with Crippen molar-refractivity contribution >= 4 is 39.1 Å². The molecule has 0 atom stereocenters. The van der Waals surface area contributed by atoms with Gasteiger partial charge >= 0.3 is 0 Å². The Morgan fingerprint density at radius 3 is 2.79 bits per heavy atom. The van der Waals surface area contributed by atoms with Gasteiger partial charge in [-0.05, 0) is 19.2 Å². The highest BCUT2D eigenvalue weighted by atomic mass is 32.1. The minimum atomic E-state index is -0.337. The summed E-state index contributed by atoms with van der Waals surface area (Å²) in [7, 11) is 2.04. The number of carbonyl (C=O) groups is 2. The van der Waals surface area contributed by atoms with Gasteiger partial charge in [0.1, 0.15) is 11.2 Å². The van der Waals surface area contributed by atoms with Gasteiger partial charge in [-0.2, -0.15) is 5.10 Å². The zero-order chi connectivity index (χ0) is 19.7. The lowest BCUT2D eigenvalue weighted by Gasteiger charge is -2.32. The number of nitrogens with one attached hydrogen (secondary N) is 2. The number of aromatic nitrogens is 3. The van der Waals surface area contributed by atoms with E-state index in [1.54, 1.807) is 30.6 Å². The number of carbonyl (C=O) groups excluding carboxylic acids is 2. The normalized spacial score (nSPS) is 15.1. The van der Waals surface area contributed by atoms with Crippen LogP contribution in [0, 0.1) is 0 Å². The smallest absolute Gasteiger partial charge is 0.266 e. The number of hydrogen-bond donors (Lipinski definition) is 2. The maximum absolute atomic E-state index is 12.5. The summed E-state index contributed by atoms with van der Waals surface area (Å²) >= 11 is 1.13. The van der Waals surface area contributed by atoms with E-state index in [0.717, 1.165) is 29.8 Å². The van der Waals surface area contributed by atoms with Crippen LogP contribution in [0.2, 0.25) is 0 Å². The molecule has 0 aromatic carbocycles.